The summed E-state index contributed by atoms with van der Waals surface area (Å²) >= 11 is 6.05. The number of nitrogens with zero attached hydrogens (tertiary/aromatic N) is 2. The Kier molecular flexibility index (Phi) is 3.91. The molecule has 1 saturated heterocycles. The zero-order valence-electron chi connectivity index (χ0n) is 9.80. The highest BCUT2D eigenvalue weighted by Crippen LogP contribution is 2.27. The quantitative estimate of drug-likeness (QED) is 0.601. The molecule has 6 heteroatoms. The summed E-state index contributed by atoms with van der Waals surface area (Å²) in [5.41, 5.74) is 1.17. The molecule has 2 rings (SSSR count). The van der Waals surface area contributed by atoms with Crippen LogP contribution in [0.2, 0.25) is 5.15 Å². The molecule has 17 heavy (non-hydrogen) atoms. The van der Waals surface area contributed by atoms with Crippen LogP contribution in [0.1, 0.15) is 19.8 Å². The lowest BCUT2D eigenvalue weighted by Gasteiger charge is -2.32. The molecule has 0 radical (unpaired) electrons. The Bertz CT molecular complexity index is 395. The summed E-state index contributed by atoms with van der Waals surface area (Å²) in [6, 6.07) is 1.70. The second-order valence-electron chi connectivity index (χ2n) is 4.62. The van der Waals surface area contributed by atoms with Crippen molar-refractivity contribution in [2.75, 3.05) is 18.0 Å². The van der Waals surface area contributed by atoms with E-state index in [1.54, 1.807) is 6.07 Å². The van der Waals surface area contributed by atoms with Gasteiger partial charge in [0, 0.05) is 24.7 Å². The van der Waals surface area contributed by atoms with Crippen LogP contribution in [0.4, 0.5) is 5.69 Å². The number of hydrogen-bond acceptors (Lipinski definition) is 4. The molecule has 92 valence electrons. The van der Waals surface area contributed by atoms with Gasteiger partial charge in [0.2, 0.25) is 0 Å². The Labute approximate surface area is 106 Å². The van der Waals surface area contributed by atoms with Crippen molar-refractivity contribution in [2.45, 2.75) is 19.8 Å². The average Bonchev–Trinajstić information content (AvgIpc) is 2.31. The fraction of sp³-hybridized carbons (Fsp3) is 0.545. The van der Waals surface area contributed by atoms with E-state index in [2.05, 4.69) is 16.8 Å². The molecular weight excluding hydrogens is 238 g/mol. The van der Waals surface area contributed by atoms with Crippen LogP contribution in [0.25, 0.3) is 0 Å². The predicted octanol–water partition coefficient (Wildman–Crippen LogP) is 0.651. The third kappa shape index (κ3) is 2.91. The number of rotatable bonds is 2. The molecule has 1 aromatic rings. The minimum Gasteiger partial charge on any atom is -0.423 e. The molecule has 1 aromatic heterocycles. The molecule has 2 N–H and O–H groups in total. The van der Waals surface area contributed by atoms with Gasteiger partial charge in [0.25, 0.3) is 0 Å². The third-order valence-electron chi connectivity index (χ3n) is 3.26. The Morgan fingerprint density at radius 1 is 1.41 bits per heavy atom. The second-order valence-corrected chi connectivity index (χ2v) is 4.98. The van der Waals surface area contributed by atoms with Crippen molar-refractivity contribution in [1.82, 2.24) is 4.98 Å². The first-order valence-corrected chi connectivity index (χ1v) is 6.22. The van der Waals surface area contributed by atoms with Crippen LogP contribution in [-0.4, -0.2) is 35.2 Å². The van der Waals surface area contributed by atoms with Crippen LogP contribution in [-0.2, 0) is 0 Å². The normalized spacial score (nSPS) is 17.3. The number of hydrogen-bond donors (Lipinski definition) is 2. The van der Waals surface area contributed by atoms with E-state index in [-0.39, 0.29) is 0 Å². The minimum absolute atomic E-state index is 0.378. The Morgan fingerprint density at radius 3 is 2.65 bits per heavy atom. The van der Waals surface area contributed by atoms with Gasteiger partial charge in [-0.05, 0) is 24.8 Å². The van der Waals surface area contributed by atoms with Crippen LogP contribution < -0.4 is 10.4 Å². The SMILES string of the molecule is CC1CCN(c2cc(B(O)O)cnc2Cl)CC1. The summed E-state index contributed by atoms with van der Waals surface area (Å²) in [5, 5.41) is 18.7. The number of halogens is 1. The van der Waals surface area contributed by atoms with E-state index in [0.717, 1.165) is 37.5 Å². The highest BCUT2D eigenvalue weighted by molar-refractivity contribution is 6.58. The van der Waals surface area contributed by atoms with Crippen molar-refractivity contribution in [3.05, 3.63) is 17.4 Å². The first kappa shape index (κ1) is 12.7. The fourth-order valence-corrected chi connectivity index (χ4v) is 2.29. The van der Waals surface area contributed by atoms with Crippen molar-refractivity contribution in [3.63, 3.8) is 0 Å². The average molecular weight is 255 g/mol. The molecule has 0 aromatic carbocycles. The highest BCUT2D eigenvalue weighted by atomic mass is 35.5. The smallest absolute Gasteiger partial charge is 0.423 e. The van der Waals surface area contributed by atoms with E-state index >= 15 is 0 Å². The molecule has 1 aliphatic heterocycles. The number of pyridine rings is 1. The molecule has 0 unspecified atom stereocenters. The van der Waals surface area contributed by atoms with Crippen LogP contribution in [0.15, 0.2) is 12.3 Å². The van der Waals surface area contributed by atoms with Crippen LogP contribution in [0.5, 0.6) is 0 Å². The molecule has 0 atom stereocenters. The van der Waals surface area contributed by atoms with E-state index in [4.69, 9.17) is 21.6 Å². The summed E-state index contributed by atoms with van der Waals surface area (Å²) in [4.78, 5) is 6.15. The van der Waals surface area contributed by atoms with Crippen molar-refractivity contribution >= 4 is 29.9 Å². The lowest BCUT2D eigenvalue weighted by molar-refractivity contribution is 0.425. The highest BCUT2D eigenvalue weighted by Gasteiger charge is 2.21. The van der Waals surface area contributed by atoms with E-state index in [1.165, 1.54) is 6.20 Å². The Hall–Kier alpha value is -0.775. The lowest BCUT2D eigenvalue weighted by Crippen LogP contribution is -2.36. The van der Waals surface area contributed by atoms with Crippen molar-refractivity contribution in [1.29, 1.82) is 0 Å². The Balaban J connectivity index is 2.22. The maximum atomic E-state index is 9.13. The molecule has 0 saturated carbocycles. The van der Waals surface area contributed by atoms with Gasteiger partial charge in [-0.1, -0.05) is 18.5 Å². The molecule has 0 amide bonds. The molecule has 4 nitrogen and oxygen atoms in total. The van der Waals surface area contributed by atoms with Gasteiger partial charge in [0.1, 0.15) is 0 Å². The van der Waals surface area contributed by atoms with E-state index in [1.807, 2.05) is 0 Å². The summed E-state index contributed by atoms with van der Waals surface area (Å²) in [6.45, 7) is 4.12. The standard InChI is InChI=1S/C11H16BClN2O2/c1-8-2-4-15(5-3-8)10-6-9(12(16)17)7-14-11(10)13/h6-8,16-17H,2-5H2,1H3. The van der Waals surface area contributed by atoms with Crippen LogP contribution in [0.3, 0.4) is 0 Å². The van der Waals surface area contributed by atoms with Gasteiger partial charge < -0.3 is 14.9 Å². The zero-order chi connectivity index (χ0) is 12.4. The molecular formula is C11H16BClN2O2. The van der Waals surface area contributed by atoms with Crippen molar-refractivity contribution < 1.29 is 10.0 Å². The largest absolute Gasteiger partial charge is 0.490 e. The third-order valence-corrected chi connectivity index (χ3v) is 3.56. The monoisotopic (exact) mass is 254 g/mol. The maximum absolute atomic E-state index is 9.13. The topological polar surface area (TPSA) is 56.6 Å². The maximum Gasteiger partial charge on any atom is 0.490 e. The van der Waals surface area contributed by atoms with Crippen LogP contribution >= 0.6 is 11.6 Å². The van der Waals surface area contributed by atoms with Gasteiger partial charge in [-0.3, -0.25) is 0 Å². The molecule has 0 spiro atoms. The molecule has 2 heterocycles. The van der Waals surface area contributed by atoms with Crippen molar-refractivity contribution in [3.8, 4) is 0 Å². The van der Waals surface area contributed by atoms with Gasteiger partial charge in [-0.25, -0.2) is 4.98 Å². The molecule has 0 bridgehead atoms. The molecule has 1 aliphatic rings. The zero-order valence-corrected chi connectivity index (χ0v) is 10.6. The molecule has 1 fully saturated rings. The van der Waals surface area contributed by atoms with Gasteiger partial charge >= 0.3 is 7.12 Å². The number of piperidine rings is 1. The van der Waals surface area contributed by atoms with Crippen LogP contribution in [0, 0.1) is 5.92 Å². The summed E-state index contributed by atoms with van der Waals surface area (Å²) in [7, 11) is -1.50. The first-order valence-electron chi connectivity index (χ1n) is 5.84. The predicted molar refractivity (Wildman–Crippen MR) is 69.7 cm³/mol. The van der Waals surface area contributed by atoms with Gasteiger partial charge in [-0.2, -0.15) is 0 Å². The fourth-order valence-electron chi connectivity index (χ4n) is 2.06. The van der Waals surface area contributed by atoms with E-state index in [9.17, 15) is 0 Å². The van der Waals surface area contributed by atoms with E-state index < -0.39 is 7.12 Å². The molecule has 0 aliphatic carbocycles. The summed E-state index contributed by atoms with van der Waals surface area (Å²) in [6.07, 6.45) is 3.65. The second kappa shape index (κ2) is 5.25. The van der Waals surface area contributed by atoms with Crippen molar-refractivity contribution in [2.24, 2.45) is 5.92 Å². The summed E-state index contributed by atoms with van der Waals surface area (Å²) < 4.78 is 0. The number of aromatic nitrogens is 1. The van der Waals surface area contributed by atoms with Gasteiger partial charge in [0.05, 0.1) is 5.69 Å². The first-order chi connectivity index (χ1) is 8.08. The number of anilines is 1. The summed E-state index contributed by atoms with van der Waals surface area (Å²) in [5.74, 6) is 0.740. The van der Waals surface area contributed by atoms with Gasteiger partial charge in [0.15, 0.2) is 5.15 Å². The van der Waals surface area contributed by atoms with Gasteiger partial charge in [-0.15, -0.1) is 0 Å². The van der Waals surface area contributed by atoms with E-state index in [0.29, 0.717) is 10.6 Å². The minimum atomic E-state index is -1.50. The lowest BCUT2D eigenvalue weighted by atomic mass is 9.81. The Morgan fingerprint density at radius 2 is 2.06 bits per heavy atom.